The highest BCUT2D eigenvalue weighted by Crippen LogP contribution is 2.34. The Hall–Kier alpha value is -1.62. The van der Waals surface area contributed by atoms with E-state index in [9.17, 15) is 8.42 Å². The minimum atomic E-state index is -3.60. The Bertz CT molecular complexity index is 783. The normalized spacial score (nSPS) is 21.3. The van der Waals surface area contributed by atoms with Crippen LogP contribution in [-0.2, 0) is 10.0 Å². The van der Waals surface area contributed by atoms with Gasteiger partial charge in [-0.1, -0.05) is 31.0 Å². The zero-order valence-corrected chi connectivity index (χ0v) is 14.9. The van der Waals surface area contributed by atoms with Crippen LogP contribution in [0.2, 0.25) is 0 Å². The number of likely N-dealkylation sites (tertiary alicyclic amines) is 1. The van der Waals surface area contributed by atoms with Crippen molar-refractivity contribution in [2.45, 2.75) is 46.5 Å². The van der Waals surface area contributed by atoms with Crippen molar-refractivity contribution in [1.82, 2.24) is 4.90 Å². The summed E-state index contributed by atoms with van der Waals surface area (Å²) in [6, 6.07) is 5.82. The fourth-order valence-corrected chi connectivity index (χ4v) is 4.82. The fraction of sp³-hybridized carbons (Fsp3) is 0.500. The molecule has 124 valence electrons. The zero-order valence-electron chi connectivity index (χ0n) is 14.1. The van der Waals surface area contributed by atoms with Crippen molar-refractivity contribution in [3.63, 3.8) is 0 Å². The Kier molecular flexibility index (Phi) is 4.32. The average Bonchev–Trinajstić information content (AvgIpc) is 2.69. The van der Waals surface area contributed by atoms with E-state index in [1.54, 1.807) is 0 Å². The van der Waals surface area contributed by atoms with Gasteiger partial charge in [-0.25, -0.2) is 0 Å². The van der Waals surface area contributed by atoms with Crippen molar-refractivity contribution in [2.24, 2.45) is 4.40 Å². The molecule has 0 bridgehead atoms. The molecule has 1 saturated heterocycles. The van der Waals surface area contributed by atoms with E-state index >= 15 is 0 Å². The highest BCUT2D eigenvalue weighted by atomic mass is 32.2. The summed E-state index contributed by atoms with van der Waals surface area (Å²) < 4.78 is 29.4. The topological polar surface area (TPSA) is 49.7 Å². The fourth-order valence-electron chi connectivity index (χ4n) is 3.35. The maximum absolute atomic E-state index is 12.6. The highest BCUT2D eigenvalue weighted by molar-refractivity contribution is 8.00. The molecule has 0 spiro atoms. The van der Waals surface area contributed by atoms with Gasteiger partial charge in [-0.15, -0.1) is 4.40 Å². The lowest BCUT2D eigenvalue weighted by atomic mass is 10.0. The summed E-state index contributed by atoms with van der Waals surface area (Å²) in [5.41, 5.74) is 3.80. The third-order valence-electron chi connectivity index (χ3n) is 4.82. The average molecular weight is 332 g/mol. The number of hydrogen-bond donors (Lipinski definition) is 0. The molecule has 3 rings (SSSR count). The Labute approximate surface area is 139 Å². The Morgan fingerprint density at radius 1 is 0.957 bits per heavy atom. The molecule has 0 aliphatic carbocycles. The third kappa shape index (κ3) is 3.07. The molecule has 0 aromatic heterocycles. The van der Waals surface area contributed by atoms with Gasteiger partial charge in [-0.2, -0.15) is 8.42 Å². The first kappa shape index (κ1) is 16.2. The molecule has 1 aromatic carbocycles. The van der Waals surface area contributed by atoms with Crippen LogP contribution in [0.3, 0.4) is 0 Å². The molecule has 1 aromatic rings. The maximum Gasteiger partial charge on any atom is 0.285 e. The summed E-state index contributed by atoms with van der Waals surface area (Å²) >= 11 is 0. The zero-order chi connectivity index (χ0) is 16.6. The van der Waals surface area contributed by atoms with Gasteiger partial charge in [0.1, 0.15) is 10.7 Å². The lowest BCUT2D eigenvalue weighted by Gasteiger charge is -2.22. The van der Waals surface area contributed by atoms with Crippen LogP contribution < -0.4 is 0 Å². The minimum Gasteiger partial charge on any atom is -0.356 e. The van der Waals surface area contributed by atoms with Crippen LogP contribution in [-0.4, -0.2) is 32.2 Å². The molecule has 0 unspecified atom stereocenters. The van der Waals surface area contributed by atoms with E-state index in [2.05, 4.69) is 9.30 Å². The number of nitrogens with zero attached hydrogens (tertiary/aromatic N) is 2. The molecular weight excluding hydrogens is 308 g/mol. The lowest BCUT2D eigenvalue weighted by molar-refractivity contribution is 0.436. The lowest BCUT2D eigenvalue weighted by Crippen LogP contribution is -2.31. The monoisotopic (exact) mass is 332 g/mol. The molecule has 0 saturated carbocycles. The molecular formula is C18H24N2O2S. The van der Waals surface area contributed by atoms with Crippen molar-refractivity contribution in [1.29, 1.82) is 0 Å². The van der Waals surface area contributed by atoms with E-state index in [4.69, 9.17) is 0 Å². The van der Waals surface area contributed by atoms with E-state index in [-0.39, 0.29) is 0 Å². The van der Waals surface area contributed by atoms with Crippen LogP contribution in [0.1, 0.15) is 49.3 Å². The highest BCUT2D eigenvalue weighted by Gasteiger charge is 2.33. The van der Waals surface area contributed by atoms with Gasteiger partial charge >= 0.3 is 0 Å². The molecule has 0 radical (unpaired) electrons. The summed E-state index contributed by atoms with van der Waals surface area (Å²) in [5, 5.41) is 0. The molecule has 1 fully saturated rings. The van der Waals surface area contributed by atoms with Crippen molar-refractivity contribution in [3.05, 3.63) is 40.5 Å². The first-order chi connectivity index (χ1) is 10.9. The minimum absolute atomic E-state index is 0.375. The molecule has 2 aliphatic heterocycles. The molecule has 2 heterocycles. The standard InChI is InChI=1S/C18H24N2O2S/c1-13-8-9-16(12-14(13)2)17-15(3)18(19-23(17,21)22)20-10-6-4-5-7-11-20/h8-9,12H,4-7,10-11H2,1-3H3. The molecule has 4 nitrogen and oxygen atoms in total. The van der Waals surface area contributed by atoms with Crippen molar-refractivity contribution >= 4 is 20.8 Å². The largest absolute Gasteiger partial charge is 0.356 e. The van der Waals surface area contributed by atoms with Crippen LogP contribution >= 0.6 is 0 Å². The van der Waals surface area contributed by atoms with Crippen LogP contribution in [0.25, 0.3) is 4.91 Å². The van der Waals surface area contributed by atoms with Crippen LogP contribution in [0.5, 0.6) is 0 Å². The second kappa shape index (κ2) is 6.11. The van der Waals surface area contributed by atoms with Crippen LogP contribution in [0, 0.1) is 13.8 Å². The summed E-state index contributed by atoms with van der Waals surface area (Å²) in [6.07, 6.45) is 4.63. The number of aryl methyl sites for hydroxylation is 2. The number of benzene rings is 1. The Morgan fingerprint density at radius 3 is 2.22 bits per heavy atom. The summed E-state index contributed by atoms with van der Waals surface area (Å²) in [4.78, 5) is 2.52. The van der Waals surface area contributed by atoms with Gasteiger partial charge in [0.05, 0.1) is 0 Å². The number of rotatable bonds is 1. The van der Waals surface area contributed by atoms with Gasteiger partial charge < -0.3 is 4.90 Å². The van der Waals surface area contributed by atoms with Crippen LogP contribution in [0.4, 0.5) is 0 Å². The number of amidine groups is 1. The molecule has 0 N–H and O–H groups in total. The third-order valence-corrected chi connectivity index (χ3v) is 6.29. The summed E-state index contributed by atoms with van der Waals surface area (Å²) in [5.74, 6) is 0.653. The van der Waals surface area contributed by atoms with Gasteiger partial charge in [0.2, 0.25) is 0 Å². The smallest absolute Gasteiger partial charge is 0.285 e. The van der Waals surface area contributed by atoms with Crippen molar-refractivity contribution in [2.75, 3.05) is 13.1 Å². The predicted molar refractivity (Wildman–Crippen MR) is 94.9 cm³/mol. The summed E-state index contributed by atoms with van der Waals surface area (Å²) in [6.45, 7) is 7.71. The molecule has 5 heteroatoms. The second-order valence-corrected chi connectivity index (χ2v) is 8.09. The van der Waals surface area contributed by atoms with Gasteiger partial charge in [-0.3, -0.25) is 0 Å². The second-order valence-electron chi connectivity index (χ2n) is 6.54. The first-order valence-corrected chi connectivity index (χ1v) is 9.73. The van der Waals surface area contributed by atoms with E-state index in [1.165, 1.54) is 12.8 Å². The quantitative estimate of drug-likeness (QED) is 0.789. The first-order valence-electron chi connectivity index (χ1n) is 8.29. The summed E-state index contributed by atoms with van der Waals surface area (Å²) in [7, 11) is -3.60. The maximum atomic E-state index is 12.6. The van der Waals surface area contributed by atoms with Gasteiger partial charge in [0.25, 0.3) is 10.0 Å². The van der Waals surface area contributed by atoms with Crippen LogP contribution in [0.15, 0.2) is 28.2 Å². The predicted octanol–water partition coefficient (Wildman–Crippen LogP) is 3.65. The van der Waals surface area contributed by atoms with Gasteiger partial charge in [0, 0.05) is 18.7 Å². The molecule has 0 amide bonds. The van der Waals surface area contributed by atoms with Gasteiger partial charge in [0.15, 0.2) is 0 Å². The SMILES string of the molecule is CC1=C(c2ccc(C)c(C)c2)S(=O)(=O)N=C1N1CCCCCC1. The van der Waals surface area contributed by atoms with E-state index in [0.717, 1.165) is 48.2 Å². The van der Waals surface area contributed by atoms with E-state index in [1.807, 2.05) is 39.0 Å². The van der Waals surface area contributed by atoms with E-state index < -0.39 is 10.0 Å². The van der Waals surface area contributed by atoms with Gasteiger partial charge in [-0.05, 0) is 50.3 Å². The van der Waals surface area contributed by atoms with E-state index in [0.29, 0.717) is 10.7 Å². The Balaban J connectivity index is 2.04. The van der Waals surface area contributed by atoms with Crippen molar-refractivity contribution in [3.8, 4) is 0 Å². The number of sulfonamides is 1. The molecule has 23 heavy (non-hydrogen) atoms. The molecule has 2 aliphatic rings. The van der Waals surface area contributed by atoms with Crippen molar-refractivity contribution < 1.29 is 8.42 Å². The Morgan fingerprint density at radius 2 is 1.61 bits per heavy atom. The number of hydrogen-bond acceptors (Lipinski definition) is 3. The molecule has 0 atom stereocenters.